The van der Waals surface area contributed by atoms with Crippen LogP contribution in [0.5, 0.6) is 0 Å². The average Bonchev–Trinajstić information content (AvgIpc) is 2.64. The summed E-state index contributed by atoms with van der Waals surface area (Å²) in [6, 6.07) is 0.804. The minimum Gasteiger partial charge on any atom is -0.330 e. The fourth-order valence-electron chi connectivity index (χ4n) is 2.57. The summed E-state index contributed by atoms with van der Waals surface area (Å²) in [4.78, 5) is 2.55. The van der Waals surface area contributed by atoms with Crippen molar-refractivity contribution in [1.82, 2.24) is 4.90 Å². The highest BCUT2D eigenvalue weighted by Crippen LogP contribution is 2.40. The molecule has 2 saturated carbocycles. The molecule has 0 radical (unpaired) electrons. The van der Waals surface area contributed by atoms with Crippen molar-refractivity contribution in [3.05, 3.63) is 0 Å². The molecule has 2 nitrogen and oxygen atoms in total. The SMILES string of the molecule is CC1CC1CN(C)C1CCC1CN. The van der Waals surface area contributed by atoms with E-state index in [0.29, 0.717) is 0 Å². The van der Waals surface area contributed by atoms with Gasteiger partial charge in [0.1, 0.15) is 0 Å². The second-order valence-electron chi connectivity index (χ2n) is 5.05. The van der Waals surface area contributed by atoms with E-state index < -0.39 is 0 Å². The first-order chi connectivity index (χ1) is 6.22. The van der Waals surface area contributed by atoms with Gasteiger partial charge in [0.05, 0.1) is 0 Å². The van der Waals surface area contributed by atoms with Crippen LogP contribution in [0, 0.1) is 17.8 Å². The average molecular weight is 182 g/mol. The van der Waals surface area contributed by atoms with Crippen LogP contribution < -0.4 is 5.73 Å². The van der Waals surface area contributed by atoms with E-state index in [1.165, 1.54) is 25.8 Å². The number of hydrogen-bond acceptors (Lipinski definition) is 2. The van der Waals surface area contributed by atoms with Gasteiger partial charge in [-0.25, -0.2) is 0 Å². The number of hydrogen-bond donors (Lipinski definition) is 1. The van der Waals surface area contributed by atoms with E-state index in [4.69, 9.17) is 5.73 Å². The fraction of sp³-hybridized carbons (Fsp3) is 1.00. The molecule has 0 amide bonds. The van der Waals surface area contributed by atoms with Gasteiger partial charge in [-0.2, -0.15) is 0 Å². The van der Waals surface area contributed by atoms with Crippen LogP contribution >= 0.6 is 0 Å². The van der Waals surface area contributed by atoms with Gasteiger partial charge in [-0.05, 0) is 50.6 Å². The predicted molar refractivity (Wildman–Crippen MR) is 55.5 cm³/mol. The maximum absolute atomic E-state index is 5.71. The molecule has 0 bridgehead atoms. The number of rotatable bonds is 4. The first-order valence-corrected chi connectivity index (χ1v) is 5.62. The topological polar surface area (TPSA) is 29.3 Å². The molecule has 0 aliphatic heterocycles. The summed E-state index contributed by atoms with van der Waals surface area (Å²) in [6.45, 7) is 4.55. The second kappa shape index (κ2) is 3.58. The minimum absolute atomic E-state index is 0.791. The van der Waals surface area contributed by atoms with E-state index in [9.17, 15) is 0 Å². The van der Waals surface area contributed by atoms with Gasteiger partial charge in [0, 0.05) is 12.6 Å². The molecule has 13 heavy (non-hydrogen) atoms. The van der Waals surface area contributed by atoms with Gasteiger partial charge in [0.15, 0.2) is 0 Å². The summed E-state index contributed by atoms with van der Waals surface area (Å²) in [5.41, 5.74) is 5.71. The Balaban J connectivity index is 1.73. The molecule has 2 rings (SSSR count). The van der Waals surface area contributed by atoms with Crippen molar-refractivity contribution in [2.24, 2.45) is 23.5 Å². The Bertz CT molecular complexity index is 179. The van der Waals surface area contributed by atoms with E-state index in [1.54, 1.807) is 0 Å². The molecule has 0 saturated heterocycles. The van der Waals surface area contributed by atoms with Crippen LogP contribution in [0.1, 0.15) is 26.2 Å². The predicted octanol–water partition coefficient (Wildman–Crippen LogP) is 1.31. The molecule has 4 atom stereocenters. The monoisotopic (exact) mass is 182 g/mol. The van der Waals surface area contributed by atoms with Crippen molar-refractivity contribution in [3.8, 4) is 0 Å². The van der Waals surface area contributed by atoms with Crippen molar-refractivity contribution in [3.63, 3.8) is 0 Å². The van der Waals surface area contributed by atoms with Gasteiger partial charge < -0.3 is 10.6 Å². The number of nitrogens with zero attached hydrogens (tertiary/aromatic N) is 1. The highest BCUT2D eigenvalue weighted by atomic mass is 15.1. The highest BCUT2D eigenvalue weighted by Gasteiger charge is 2.38. The van der Waals surface area contributed by atoms with Crippen LogP contribution in [-0.2, 0) is 0 Å². The maximum atomic E-state index is 5.71. The van der Waals surface area contributed by atoms with E-state index in [0.717, 1.165) is 30.3 Å². The lowest BCUT2D eigenvalue weighted by Crippen LogP contribution is -2.48. The normalized spacial score (nSPS) is 43.4. The molecule has 2 aliphatic carbocycles. The molecule has 0 aromatic heterocycles. The van der Waals surface area contributed by atoms with Crippen LogP contribution in [0.25, 0.3) is 0 Å². The van der Waals surface area contributed by atoms with Crippen molar-refractivity contribution >= 4 is 0 Å². The molecule has 0 aromatic carbocycles. The molecule has 2 aliphatic rings. The third kappa shape index (κ3) is 1.89. The summed E-state index contributed by atoms with van der Waals surface area (Å²) >= 11 is 0. The molecule has 2 fully saturated rings. The summed E-state index contributed by atoms with van der Waals surface area (Å²) in [7, 11) is 2.28. The maximum Gasteiger partial charge on any atom is 0.0133 e. The fourth-order valence-corrected chi connectivity index (χ4v) is 2.57. The van der Waals surface area contributed by atoms with Gasteiger partial charge in [0.2, 0.25) is 0 Å². The first kappa shape index (κ1) is 9.47. The standard InChI is InChI=1S/C11H22N2/c1-8-5-10(8)7-13(2)11-4-3-9(11)6-12/h8-11H,3-7,12H2,1-2H3. The Labute approximate surface area is 81.5 Å². The summed E-state index contributed by atoms with van der Waals surface area (Å²) < 4.78 is 0. The quantitative estimate of drug-likeness (QED) is 0.710. The minimum atomic E-state index is 0.791. The van der Waals surface area contributed by atoms with Crippen LogP contribution in [0.2, 0.25) is 0 Å². The van der Waals surface area contributed by atoms with Gasteiger partial charge >= 0.3 is 0 Å². The molecule has 0 heterocycles. The molecule has 0 spiro atoms. The Morgan fingerprint density at radius 3 is 2.38 bits per heavy atom. The Morgan fingerprint density at radius 2 is 2.00 bits per heavy atom. The molecular formula is C11H22N2. The van der Waals surface area contributed by atoms with E-state index in [1.807, 2.05) is 0 Å². The van der Waals surface area contributed by atoms with Crippen LogP contribution in [0.3, 0.4) is 0 Å². The molecule has 0 aromatic rings. The molecular weight excluding hydrogens is 160 g/mol. The molecule has 76 valence electrons. The summed E-state index contributed by atoms with van der Waals surface area (Å²) in [5, 5.41) is 0. The van der Waals surface area contributed by atoms with Crippen LogP contribution in [0.15, 0.2) is 0 Å². The second-order valence-corrected chi connectivity index (χ2v) is 5.05. The zero-order valence-corrected chi connectivity index (χ0v) is 8.87. The Hall–Kier alpha value is -0.0800. The van der Waals surface area contributed by atoms with Gasteiger partial charge in [0.25, 0.3) is 0 Å². The highest BCUT2D eigenvalue weighted by molar-refractivity contribution is 4.92. The van der Waals surface area contributed by atoms with Crippen molar-refractivity contribution in [1.29, 1.82) is 0 Å². The van der Waals surface area contributed by atoms with Crippen molar-refractivity contribution < 1.29 is 0 Å². The largest absolute Gasteiger partial charge is 0.330 e. The summed E-state index contributed by atoms with van der Waals surface area (Å²) in [6.07, 6.45) is 4.18. The third-order valence-corrected chi connectivity index (χ3v) is 4.04. The third-order valence-electron chi connectivity index (χ3n) is 4.04. The van der Waals surface area contributed by atoms with Gasteiger partial charge in [-0.1, -0.05) is 6.92 Å². The molecule has 4 unspecified atom stereocenters. The summed E-state index contributed by atoms with van der Waals surface area (Å²) in [5.74, 6) is 2.77. The van der Waals surface area contributed by atoms with Crippen molar-refractivity contribution in [2.45, 2.75) is 32.2 Å². The Kier molecular flexibility index (Phi) is 2.61. The molecule has 2 N–H and O–H groups in total. The Morgan fingerprint density at radius 1 is 1.31 bits per heavy atom. The van der Waals surface area contributed by atoms with Gasteiger partial charge in [-0.3, -0.25) is 0 Å². The molecule has 2 heteroatoms. The van der Waals surface area contributed by atoms with E-state index >= 15 is 0 Å². The van der Waals surface area contributed by atoms with Crippen LogP contribution in [0.4, 0.5) is 0 Å². The lowest BCUT2D eigenvalue weighted by molar-refractivity contribution is 0.0847. The zero-order chi connectivity index (χ0) is 9.42. The number of nitrogens with two attached hydrogens (primary N) is 1. The van der Waals surface area contributed by atoms with Crippen molar-refractivity contribution in [2.75, 3.05) is 20.1 Å². The van der Waals surface area contributed by atoms with E-state index in [2.05, 4.69) is 18.9 Å². The smallest absolute Gasteiger partial charge is 0.0133 e. The first-order valence-electron chi connectivity index (χ1n) is 5.62. The van der Waals surface area contributed by atoms with Crippen LogP contribution in [-0.4, -0.2) is 31.1 Å². The zero-order valence-electron chi connectivity index (χ0n) is 8.87. The van der Waals surface area contributed by atoms with E-state index in [-0.39, 0.29) is 0 Å². The lowest BCUT2D eigenvalue weighted by atomic mass is 9.78. The van der Waals surface area contributed by atoms with Gasteiger partial charge in [-0.15, -0.1) is 0 Å². The lowest BCUT2D eigenvalue weighted by Gasteiger charge is -2.42.